The van der Waals surface area contributed by atoms with Crippen molar-refractivity contribution < 1.29 is 5.11 Å². The van der Waals surface area contributed by atoms with E-state index in [0.29, 0.717) is 18.5 Å². The van der Waals surface area contributed by atoms with Gasteiger partial charge in [-0.1, -0.05) is 6.42 Å². The summed E-state index contributed by atoms with van der Waals surface area (Å²) in [5, 5.41) is 17.6. The van der Waals surface area contributed by atoms with Crippen LogP contribution in [0.5, 0.6) is 0 Å². The molecule has 0 aromatic heterocycles. The Morgan fingerprint density at radius 1 is 1.57 bits per heavy atom. The van der Waals surface area contributed by atoms with Crippen molar-refractivity contribution in [2.45, 2.75) is 51.1 Å². The largest absolute Gasteiger partial charge is 0.396 e. The van der Waals surface area contributed by atoms with Crippen LogP contribution in [0.2, 0.25) is 0 Å². The molecule has 1 N–H and O–H groups in total. The highest BCUT2D eigenvalue weighted by Gasteiger charge is 2.25. The summed E-state index contributed by atoms with van der Waals surface area (Å²) in [6, 6.07) is 3.06. The average Bonchev–Trinajstić information content (AvgIpc) is 2.19. The number of aliphatic hydroxyl groups excluding tert-OH is 1. The van der Waals surface area contributed by atoms with Crippen LogP contribution in [0.4, 0.5) is 0 Å². The van der Waals surface area contributed by atoms with E-state index in [0.717, 1.165) is 13.0 Å². The summed E-state index contributed by atoms with van der Waals surface area (Å²) in [7, 11) is 0. The first kappa shape index (κ1) is 11.5. The van der Waals surface area contributed by atoms with Gasteiger partial charge in [0.1, 0.15) is 0 Å². The molecule has 0 saturated carbocycles. The molecule has 0 spiro atoms. The lowest BCUT2D eigenvalue weighted by atomic mass is 9.97. The summed E-state index contributed by atoms with van der Waals surface area (Å²) < 4.78 is 0. The van der Waals surface area contributed by atoms with Gasteiger partial charge in [0.25, 0.3) is 0 Å². The lowest BCUT2D eigenvalue weighted by Crippen LogP contribution is -2.45. The van der Waals surface area contributed by atoms with E-state index in [-0.39, 0.29) is 6.61 Å². The molecule has 0 aliphatic carbocycles. The highest BCUT2D eigenvalue weighted by molar-refractivity contribution is 4.85. The Hall–Kier alpha value is -0.590. The van der Waals surface area contributed by atoms with Gasteiger partial charge < -0.3 is 5.11 Å². The van der Waals surface area contributed by atoms with Gasteiger partial charge in [0.2, 0.25) is 0 Å². The summed E-state index contributed by atoms with van der Waals surface area (Å²) in [5.74, 6) is 0. The lowest BCUT2D eigenvalue weighted by molar-refractivity contribution is 0.0845. The molecule has 0 amide bonds. The van der Waals surface area contributed by atoms with Crippen molar-refractivity contribution in [3.8, 4) is 6.07 Å². The molecule has 1 aliphatic heterocycles. The van der Waals surface area contributed by atoms with E-state index in [1.807, 2.05) is 0 Å². The van der Waals surface area contributed by atoms with Crippen LogP contribution in [0.15, 0.2) is 0 Å². The van der Waals surface area contributed by atoms with E-state index < -0.39 is 0 Å². The number of likely N-dealkylation sites (tertiary alicyclic amines) is 1. The van der Waals surface area contributed by atoms with Crippen molar-refractivity contribution in [2.75, 3.05) is 13.2 Å². The van der Waals surface area contributed by atoms with Gasteiger partial charge in [0.15, 0.2) is 0 Å². The molecule has 2 atom stereocenters. The number of nitriles is 1. The highest BCUT2D eigenvalue weighted by Crippen LogP contribution is 2.22. The number of rotatable bonds is 4. The van der Waals surface area contributed by atoms with Crippen molar-refractivity contribution in [1.29, 1.82) is 5.26 Å². The average molecular weight is 196 g/mol. The van der Waals surface area contributed by atoms with Crippen LogP contribution < -0.4 is 0 Å². The molecule has 1 saturated heterocycles. The molecule has 1 heterocycles. The number of hydrogen-bond acceptors (Lipinski definition) is 3. The van der Waals surface area contributed by atoms with Crippen LogP contribution in [0.25, 0.3) is 0 Å². The second-order valence-corrected chi connectivity index (χ2v) is 4.11. The zero-order valence-electron chi connectivity index (χ0n) is 8.95. The van der Waals surface area contributed by atoms with Crippen molar-refractivity contribution in [1.82, 2.24) is 4.90 Å². The van der Waals surface area contributed by atoms with E-state index in [4.69, 9.17) is 10.4 Å². The lowest BCUT2D eigenvalue weighted by Gasteiger charge is -2.39. The third-order valence-corrected chi connectivity index (χ3v) is 3.09. The molecule has 3 heteroatoms. The molecule has 3 nitrogen and oxygen atoms in total. The Kier molecular flexibility index (Phi) is 4.92. The molecule has 0 aromatic carbocycles. The number of nitrogens with zero attached hydrogens (tertiary/aromatic N) is 2. The zero-order valence-corrected chi connectivity index (χ0v) is 8.95. The molecular weight excluding hydrogens is 176 g/mol. The Balaban J connectivity index is 2.49. The summed E-state index contributed by atoms with van der Waals surface area (Å²) in [6.45, 7) is 3.47. The van der Waals surface area contributed by atoms with E-state index in [2.05, 4.69) is 17.9 Å². The molecule has 2 unspecified atom stereocenters. The predicted molar refractivity (Wildman–Crippen MR) is 55.7 cm³/mol. The second kappa shape index (κ2) is 6.00. The van der Waals surface area contributed by atoms with Crippen molar-refractivity contribution in [3.05, 3.63) is 0 Å². The van der Waals surface area contributed by atoms with Gasteiger partial charge in [-0.15, -0.1) is 0 Å². The third kappa shape index (κ3) is 2.97. The minimum Gasteiger partial charge on any atom is -0.396 e. The monoisotopic (exact) mass is 196 g/mol. The number of piperidine rings is 1. The predicted octanol–water partition coefficient (Wildman–Crippen LogP) is 1.53. The van der Waals surface area contributed by atoms with Crippen LogP contribution in [-0.2, 0) is 0 Å². The molecular formula is C11H20N2O. The van der Waals surface area contributed by atoms with Gasteiger partial charge in [-0.2, -0.15) is 5.26 Å². The van der Waals surface area contributed by atoms with Crippen molar-refractivity contribution >= 4 is 0 Å². The van der Waals surface area contributed by atoms with Crippen molar-refractivity contribution in [2.24, 2.45) is 0 Å². The fourth-order valence-electron chi connectivity index (χ4n) is 2.31. The topological polar surface area (TPSA) is 47.3 Å². The molecule has 1 aliphatic rings. The van der Waals surface area contributed by atoms with E-state index in [1.54, 1.807) is 0 Å². The first-order chi connectivity index (χ1) is 6.79. The maximum absolute atomic E-state index is 8.96. The van der Waals surface area contributed by atoms with E-state index in [9.17, 15) is 0 Å². The van der Waals surface area contributed by atoms with E-state index >= 15 is 0 Å². The normalized spacial score (nSPS) is 25.6. The SMILES string of the molecule is CC(CC#N)N1CCCCC1CCO. The minimum absolute atomic E-state index is 0.264. The molecule has 0 bridgehead atoms. The maximum Gasteiger partial charge on any atom is 0.0638 e. The van der Waals surface area contributed by atoms with Crippen LogP contribution >= 0.6 is 0 Å². The van der Waals surface area contributed by atoms with Crippen LogP contribution in [-0.4, -0.2) is 35.2 Å². The summed E-state index contributed by atoms with van der Waals surface area (Å²) in [4.78, 5) is 2.39. The van der Waals surface area contributed by atoms with Gasteiger partial charge in [0.05, 0.1) is 12.5 Å². The molecule has 80 valence electrons. The molecule has 0 aromatic rings. The third-order valence-electron chi connectivity index (χ3n) is 3.09. The summed E-state index contributed by atoms with van der Waals surface area (Å²) in [5.41, 5.74) is 0. The molecule has 0 radical (unpaired) electrons. The summed E-state index contributed by atoms with van der Waals surface area (Å²) in [6.07, 6.45) is 5.13. The fraction of sp³-hybridized carbons (Fsp3) is 0.909. The standard InChI is InChI=1S/C11H20N2O/c1-10(5-7-12)13-8-3-2-4-11(13)6-9-14/h10-11,14H,2-6,8-9H2,1H3. The quantitative estimate of drug-likeness (QED) is 0.741. The smallest absolute Gasteiger partial charge is 0.0638 e. The zero-order chi connectivity index (χ0) is 10.4. The summed E-state index contributed by atoms with van der Waals surface area (Å²) >= 11 is 0. The van der Waals surface area contributed by atoms with Gasteiger partial charge in [-0.05, 0) is 32.7 Å². The van der Waals surface area contributed by atoms with Gasteiger partial charge in [0, 0.05) is 18.7 Å². The number of aliphatic hydroxyl groups is 1. The molecule has 14 heavy (non-hydrogen) atoms. The van der Waals surface area contributed by atoms with Crippen molar-refractivity contribution in [3.63, 3.8) is 0 Å². The Labute approximate surface area is 86.3 Å². The Morgan fingerprint density at radius 3 is 3.00 bits per heavy atom. The van der Waals surface area contributed by atoms with Gasteiger partial charge in [-0.25, -0.2) is 0 Å². The van der Waals surface area contributed by atoms with Gasteiger partial charge in [-0.3, -0.25) is 4.90 Å². The highest BCUT2D eigenvalue weighted by atomic mass is 16.3. The van der Waals surface area contributed by atoms with Crippen LogP contribution in [0.3, 0.4) is 0 Å². The maximum atomic E-state index is 8.96. The second-order valence-electron chi connectivity index (χ2n) is 4.11. The molecule has 1 rings (SSSR count). The minimum atomic E-state index is 0.264. The number of hydrogen-bond donors (Lipinski definition) is 1. The van der Waals surface area contributed by atoms with Crippen LogP contribution in [0, 0.1) is 11.3 Å². The Morgan fingerprint density at radius 2 is 2.36 bits per heavy atom. The first-order valence-corrected chi connectivity index (χ1v) is 5.53. The fourth-order valence-corrected chi connectivity index (χ4v) is 2.31. The molecule has 1 fully saturated rings. The Bertz CT molecular complexity index is 198. The first-order valence-electron chi connectivity index (χ1n) is 5.53. The van der Waals surface area contributed by atoms with E-state index in [1.165, 1.54) is 19.3 Å². The van der Waals surface area contributed by atoms with Gasteiger partial charge >= 0.3 is 0 Å². The van der Waals surface area contributed by atoms with Crippen LogP contribution in [0.1, 0.15) is 39.0 Å².